The van der Waals surface area contributed by atoms with Gasteiger partial charge in [-0.2, -0.15) is 0 Å². The molecule has 0 aliphatic heterocycles. The van der Waals surface area contributed by atoms with E-state index >= 15 is 0 Å². The molecule has 60 valence electrons. The highest BCUT2D eigenvalue weighted by atomic mass is 127. The molecule has 0 aromatic rings. The topological polar surface area (TPSA) is 12.0 Å². The molecule has 1 aliphatic carbocycles. The molecule has 0 fully saturated rings. The highest BCUT2D eigenvalue weighted by molar-refractivity contribution is 14.1. The second-order valence-corrected chi connectivity index (χ2v) is 3.19. The maximum atomic E-state index is 3.18. The smallest absolute Gasteiger partial charge is 0.0384 e. The molecule has 2 heteroatoms. The Hall–Kier alpha value is -0.0900. The summed E-state index contributed by atoms with van der Waals surface area (Å²) in [7, 11) is 0. The Morgan fingerprint density at radius 1 is 1.55 bits per heavy atom. The molecular weight excluding hydrogens is 249 g/mol. The molecule has 0 radical (unpaired) electrons. The first kappa shape index (κ1) is 9.00. The maximum absolute atomic E-state index is 3.18. The summed E-state index contributed by atoms with van der Waals surface area (Å²) in [5.74, 6) is 0. The van der Waals surface area contributed by atoms with Crippen molar-refractivity contribution in [3.63, 3.8) is 0 Å². The van der Waals surface area contributed by atoms with Crippen molar-refractivity contribution in [2.75, 3.05) is 0 Å². The second kappa shape index (κ2) is 4.72. The highest BCUT2D eigenvalue weighted by Gasteiger charge is 2.02. The Balaban J connectivity index is 2.68. The fraction of sp³-hybridized carbons (Fsp3) is 0.333. The molecule has 1 atom stereocenters. The zero-order chi connectivity index (χ0) is 8.10. The van der Waals surface area contributed by atoms with Crippen LogP contribution in [0.3, 0.4) is 0 Å². The first-order valence-corrected chi connectivity index (χ1v) is 4.82. The van der Waals surface area contributed by atoms with Crippen LogP contribution in [0.1, 0.15) is 13.3 Å². The van der Waals surface area contributed by atoms with E-state index in [0.717, 1.165) is 6.42 Å². The Bertz CT molecular complexity index is 204. The van der Waals surface area contributed by atoms with Crippen LogP contribution < -0.4 is 3.53 Å². The molecule has 0 heterocycles. The van der Waals surface area contributed by atoms with Gasteiger partial charge in [0.1, 0.15) is 0 Å². The molecule has 0 aromatic carbocycles. The Labute approximate surface area is 81.8 Å². The molecule has 0 spiro atoms. The number of allylic oxidation sites excluding steroid dienone is 4. The van der Waals surface area contributed by atoms with Gasteiger partial charge in [0.2, 0.25) is 0 Å². The minimum Gasteiger partial charge on any atom is -0.254 e. The molecule has 0 bridgehead atoms. The van der Waals surface area contributed by atoms with Gasteiger partial charge in [0.05, 0.1) is 0 Å². The average Bonchev–Trinajstić information content (AvgIpc) is 2.30. The maximum Gasteiger partial charge on any atom is 0.0384 e. The lowest BCUT2D eigenvalue weighted by Crippen LogP contribution is -2.16. The van der Waals surface area contributed by atoms with Crippen LogP contribution in [0.4, 0.5) is 0 Å². The summed E-state index contributed by atoms with van der Waals surface area (Å²) in [6.45, 7) is 2.15. The van der Waals surface area contributed by atoms with Crippen LogP contribution in [-0.2, 0) is 0 Å². The van der Waals surface area contributed by atoms with Crippen molar-refractivity contribution in [2.45, 2.75) is 19.4 Å². The number of hydrogen-bond donors (Lipinski definition) is 1. The minimum atomic E-state index is 0.439. The van der Waals surface area contributed by atoms with Crippen molar-refractivity contribution in [3.8, 4) is 0 Å². The third-order valence-corrected chi connectivity index (χ3v) is 2.61. The van der Waals surface area contributed by atoms with Gasteiger partial charge in [0.15, 0.2) is 0 Å². The lowest BCUT2D eigenvalue weighted by atomic mass is 10.1. The van der Waals surface area contributed by atoms with Crippen LogP contribution in [0.25, 0.3) is 0 Å². The lowest BCUT2D eigenvalue weighted by Gasteiger charge is -2.08. The molecule has 1 N–H and O–H groups in total. The Kier molecular flexibility index (Phi) is 3.86. The van der Waals surface area contributed by atoms with Gasteiger partial charge in [-0.15, -0.1) is 0 Å². The van der Waals surface area contributed by atoms with Gasteiger partial charge in [0.25, 0.3) is 0 Å². The minimum absolute atomic E-state index is 0.439. The van der Waals surface area contributed by atoms with Crippen molar-refractivity contribution in [1.29, 1.82) is 0 Å². The largest absolute Gasteiger partial charge is 0.254 e. The van der Waals surface area contributed by atoms with E-state index in [9.17, 15) is 0 Å². The molecule has 1 unspecified atom stereocenters. The summed E-state index contributed by atoms with van der Waals surface area (Å²) in [6, 6.07) is 0.439. The number of halogens is 1. The van der Waals surface area contributed by atoms with Crippen LogP contribution in [-0.4, -0.2) is 6.04 Å². The lowest BCUT2D eigenvalue weighted by molar-refractivity contribution is 0.843. The van der Waals surface area contributed by atoms with Crippen LogP contribution in [0.15, 0.2) is 36.0 Å². The van der Waals surface area contributed by atoms with Gasteiger partial charge in [-0.05, 0) is 18.9 Å². The molecule has 11 heavy (non-hydrogen) atoms. The van der Waals surface area contributed by atoms with E-state index in [4.69, 9.17) is 0 Å². The van der Waals surface area contributed by atoms with Gasteiger partial charge >= 0.3 is 0 Å². The van der Waals surface area contributed by atoms with E-state index in [1.807, 2.05) is 0 Å². The van der Waals surface area contributed by atoms with E-state index in [1.165, 1.54) is 5.57 Å². The van der Waals surface area contributed by atoms with Crippen molar-refractivity contribution in [3.05, 3.63) is 36.0 Å². The summed E-state index contributed by atoms with van der Waals surface area (Å²) in [6.07, 6.45) is 11.8. The predicted octanol–water partition coefficient (Wildman–Crippen LogP) is 2.76. The number of nitrogens with one attached hydrogen (secondary N) is 1. The molecule has 0 saturated carbocycles. The molecule has 1 nitrogen and oxygen atoms in total. The third-order valence-electron chi connectivity index (χ3n) is 1.67. The van der Waals surface area contributed by atoms with Crippen LogP contribution >= 0.6 is 22.9 Å². The van der Waals surface area contributed by atoms with Gasteiger partial charge in [-0.3, -0.25) is 3.53 Å². The molecule has 1 aliphatic rings. The second-order valence-electron chi connectivity index (χ2n) is 2.56. The molecule has 0 amide bonds. The van der Waals surface area contributed by atoms with Gasteiger partial charge in [-0.25, -0.2) is 0 Å². The average molecular weight is 261 g/mol. The monoisotopic (exact) mass is 261 g/mol. The quantitative estimate of drug-likeness (QED) is 0.595. The summed E-state index contributed by atoms with van der Waals surface area (Å²) >= 11 is 2.18. The van der Waals surface area contributed by atoms with E-state index in [2.05, 4.69) is 63.7 Å². The fourth-order valence-corrected chi connectivity index (χ4v) is 1.31. The van der Waals surface area contributed by atoms with E-state index in [1.54, 1.807) is 0 Å². The van der Waals surface area contributed by atoms with Gasteiger partial charge in [0, 0.05) is 28.9 Å². The van der Waals surface area contributed by atoms with Gasteiger partial charge < -0.3 is 0 Å². The van der Waals surface area contributed by atoms with Crippen LogP contribution in [0.2, 0.25) is 0 Å². The molecule has 1 rings (SSSR count). The summed E-state index contributed by atoms with van der Waals surface area (Å²) in [5, 5.41) is 0. The number of hydrogen-bond acceptors (Lipinski definition) is 1. The normalized spacial score (nSPS) is 19.3. The SMILES string of the molecule is CC(NI)C1=CC=CCC=C1. The summed E-state index contributed by atoms with van der Waals surface area (Å²) in [5.41, 5.74) is 1.34. The summed E-state index contributed by atoms with van der Waals surface area (Å²) < 4.78 is 3.18. The van der Waals surface area contributed by atoms with E-state index in [0.29, 0.717) is 6.04 Å². The predicted molar refractivity (Wildman–Crippen MR) is 57.6 cm³/mol. The van der Waals surface area contributed by atoms with Crippen molar-refractivity contribution in [1.82, 2.24) is 3.53 Å². The molecule has 0 saturated heterocycles. The Morgan fingerprint density at radius 3 is 3.09 bits per heavy atom. The van der Waals surface area contributed by atoms with E-state index < -0.39 is 0 Å². The molecule has 0 aromatic heterocycles. The van der Waals surface area contributed by atoms with Crippen LogP contribution in [0, 0.1) is 0 Å². The van der Waals surface area contributed by atoms with Crippen molar-refractivity contribution < 1.29 is 0 Å². The van der Waals surface area contributed by atoms with Gasteiger partial charge in [-0.1, -0.05) is 30.4 Å². The summed E-state index contributed by atoms with van der Waals surface area (Å²) in [4.78, 5) is 0. The number of rotatable bonds is 2. The highest BCUT2D eigenvalue weighted by Crippen LogP contribution is 2.09. The zero-order valence-corrected chi connectivity index (χ0v) is 8.71. The standard InChI is InChI=1S/C9H12IN/c1-8(11-10)9-6-4-2-3-5-7-9/h2,4-8,11H,3H2,1H3. The van der Waals surface area contributed by atoms with E-state index in [-0.39, 0.29) is 0 Å². The third kappa shape index (κ3) is 2.79. The first-order chi connectivity index (χ1) is 5.34. The van der Waals surface area contributed by atoms with Crippen LogP contribution in [0.5, 0.6) is 0 Å². The zero-order valence-electron chi connectivity index (χ0n) is 6.55. The van der Waals surface area contributed by atoms with Crippen molar-refractivity contribution in [2.24, 2.45) is 0 Å². The van der Waals surface area contributed by atoms with Crippen molar-refractivity contribution >= 4 is 22.9 Å². The first-order valence-electron chi connectivity index (χ1n) is 3.74. The fourth-order valence-electron chi connectivity index (χ4n) is 0.948. The Morgan fingerprint density at radius 2 is 2.36 bits per heavy atom. The molecular formula is C9H12IN.